The normalized spacial score (nSPS) is 13.6. The van der Waals surface area contributed by atoms with Crippen molar-refractivity contribution < 1.29 is 38.6 Å². The van der Waals surface area contributed by atoms with E-state index in [1.165, 1.54) is 0 Å². The van der Waals surface area contributed by atoms with Gasteiger partial charge in [-0.1, -0.05) is 6.92 Å². The molecule has 1 N–H and O–H groups in total. The van der Waals surface area contributed by atoms with Crippen LogP contribution in [0.25, 0.3) is 0 Å². The van der Waals surface area contributed by atoms with E-state index < -0.39 is 0 Å². The third kappa shape index (κ3) is 40.5. The molecule has 27 heavy (non-hydrogen) atoms. The zero-order valence-corrected chi connectivity index (χ0v) is 29.7. The number of rotatable bonds is 0. The van der Waals surface area contributed by atoms with Crippen molar-refractivity contribution in [3.8, 4) is 0 Å². The molecular weight excluding hydrogens is 1020 g/mol. The summed E-state index contributed by atoms with van der Waals surface area (Å²) in [7, 11) is 4.06. The molecule has 0 spiro atoms. The molecule has 15 heteroatoms. The Balaban J connectivity index is -0.000000124. The van der Waals surface area contributed by atoms with Gasteiger partial charge in [-0.3, -0.25) is 0 Å². The molecule has 0 unspecified atom stereocenters. The quantitative estimate of drug-likeness (QED) is 0.246. The minimum absolute atomic E-state index is 0.208. The van der Waals surface area contributed by atoms with Crippen molar-refractivity contribution in [3.63, 3.8) is 0 Å². The number of carbonyl (C=O) groups is 2. The van der Waals surface area contributed by atoms with E-state index in [1.54, 1.807) is 30.8 Å². The SMILES string of the molecule is CCCl.CCO.CN1CCOC1=O.CN1CCOC1=O.[I][V]([I])[I].[I][V][I]. The fraction of sp³-hybridized carbons (Fsp3) is 0.833. The van der Waals surface area contributed by atoms with E-state index in [-0.39, 0.29) is 23.7 Å². The van der Waals surface area contributed by atoms with Crippen LogP contribution in [0.3, 0.4) is 0 Å². The van der Waals surface area contributed by atoms with Crippen molar-refractivity contribution in [1.29, 1.82) is 0 Å². The van der Waals surface area contributed by atoms with Crippen molar-refractivity contribution in [2.75, 3.05) is 52.9 Å². The Bertz CT molecular complexity index is 311. The van der Waals surface area contributed by atoms with E-state index in [1.807, 2.05) is 6.92 Å². The molecule has 0 aromatic heterocycles. The molecule has 0 aromatic rings. The number of nitrogens with zero attached hydrogens (tertiary/aromatic N) is 2. The van der Waals surface area contributed by atoms with Gasteiger partial charge in [0.15, 0.2) is 0 Å². The summed E-state index contributed by atoms with van der Waals surface area (Å²) in [6, 6.07) is 0. The molecule has 7 nitrogen and oxygen atoms in total. The fourth-order valence-electron chi connectivity index (χ4n) is 0.943. The van der Waals surface area contributed by atoms with Crippen LogP contribution in [-0.4, -0.2) is 80.0 Å². The van der Waals surface area contributed by atoms with Gasteiger partial charge < -0.3 is 24.4 Å². The second kappa shape index (κ2) is 31.8. The van der Waals surface area contributed by atoms with Crippen LogP contribution >= 0.6 is 111 Å². The standard InChI is InChI=1S/2C4H7NO2.C2H5Cl.C2H6O.5HI.2V/c2*1-5-2-3-7-4(5)6;2*1-2-3;;;;;;;/h2*2-3H2,1H3;2H2,1H3;3H,2H2,1H3;5*1H;;/q;;;;;;;;;+2;+3/p-5. The zero-order chi connectivity index (χ0) is 22.3. The first kappa shape index (κ1) is 37.9. The van der Waals surface area contributed by atoms with Crippen LogP contribution in [0.1, 0.15) is 13.8 Å². The van der Waals surface area contributed by atoms with Crippen molar-refractivity contribution in [3.05, 3.63) is 0 Å². The number of hydrogen-bond donors (Lipinski definition) is 1. The first-order valence-corrected chi connectivity index (χ1v) is 30.3. The molecule has 0 aromatic carbocycles. The van der Waals surface area contributed by atoms with Gasteiger partial charge in [-0.05, 0) is 6.92 Å². The summed E-state index contributed by atoms with van der Waals surface area (Å²) < 4.78 is 9.10. The molecule has 0 saturated carbocycles. The number of amides is 2. The molecule has 2 aliphatic heterocycles. The predicted octanol–water partition coefficient (Wildman–Crippen LogP) is 5.80. The van der Waals surface area contributed by atoms with Crippen molar-refractivity contribution >= 4 is 124 Å². The van der Waals surface area contributed by atoms with Crippen LogP contribution in [-0.2, 0) is 23.9 Å². The Hall–Kier alpha value is 3.61. The molecule has 0 aliphatic carbocycles. The molecule has 2 fully saturated rings. The molecule has 2 amide bonds. The van der Waals surface area contributed by atoms with Crippen LogP contribution in [0.4, 0.5) is 9.59 Å². The van der Waals surface area contributed by atoms with Gasteiger partial charge >= 0.3 is 126 Å². The van der Waals surface area contributed by atoms with E-state index in [0.717, 1.165) is 19.0 Å². The Labute approximate surface area is 234 Å². The monoisotopic (exact) mass is 1050 g/mol. The molecule has 2 heterocycles. The first-order chi connectivity index (χ1) is 12.6. The van der Waals surface area contributed by atoms with E-state index in [2.05, 4.69) is 109 Å². The number of alkyl halides is 1. The fourth-order valence-corrected chi connectivity index (χ4v) is 0.943. The van der Waals surface area contributed by atoms with Crippen LogP contribution in [0, 0.1) is 0 Å². The number of aliphatic hydroxyl groups excluding tert-OH is 1. The number of likely N-dealkylation sites (N-methyl/N-ethyl adjacent to an activating group) is 2. The van der Waals surface area contributed by atoms with E-state index in [9.17, 15) is 9.59 Å². The molecular formula is C12H25ClI5N2O5V2. The zero-order valence-electron chi connectivity index (χ0n) is 15.4. The second-order valence-electron chi connectivity index (χ2n) is 3.91. The van der Waals surface area contributed by atoms with Gasteiger partial charge in [-0.25, -0.2) is 9.59 Å². The maximum absolute atomic E-state index is 10.3. The Morgan fingerprint density at radius 3 is 1.26 bits per heavy atom. The van der Waals surface area contributed by atoms with Gasteiger partial charge in [0, 0.05) is 26.6 Å². The van der Waals surface area contributed by atoms with Gasteiger partial charge in [-0.2, -0.15) is 0 Å². The Morgan fingerprint density at radius 1 is 1.04 bits per heavy atom. The molecule has 0 atom stereocenters. The summed E-state index contributed by atoms with van der Waals surface area (Å²) in [4.78, 5) is 23.4. The molecule has 0 radical (unpaired) electrons. The average molecular weight is 1050 g/mol. The number of halogens is 6. The minimum atomic E-state index is -0.278. The van der Waals surface area contributed by atoms with Gasteiger partial charge in [0.1, 0.15) is 13.2 Å². The summed E-state index contributed by atoms with van der Waals surface area (Å²) >= 11 is 17.1. The number of carbonyl (C=O) groups excluding carboxylic acids is 2. The summed E-state index contributed by atoms with van der Waals surface area (Å²) in [6.45, 7) is 6.39. The van der Waals surface area contributed by atoms with E-state index >= 15 is 0 Å². The third-order valence-corrected chi connectivity index (χ3v) is 1.93. The summed E-state index contributed by atoms with van der Waals surface area (Å²) in [6.07, 6.45) is -0.417. The van der Waals surface area contributed by atoms with Crippen molar-refractivity contribution in [2.45, 2.75) is 13.8 Å². The Morgan fingerprint density at radius 2 is 1.22 bits per heavy atom. The topological polar surface area (TPSA) is 79.3 Å². The van der Waals surface area contributed by atoms with E-state index in [4.69, 9.17) is 16.7 Å². The molecule has 2 saturated heterocycles. The summed E-state index contributed by atoms with van der Waals surface area (Å²) in [5.41, 5.74) is 0. The maximum atomic E-state index is 10.3. The average Bonchev–Trinajstić information content (AvgIpc) is 3.10. The van der Waals surface area contributed by atoms with Crippen LogP contribution in [0.5, 0.6) is 0 Å². The molecule has 0 bridgehead atoms. The second-order valence-corrected chi connectivity index (χ2v) is 51.6. The third-order valence-electron chi connectivity index (χ3n) is 1.93. The van der Waals surface area contributed by atoms with Gasteiger partial charge in [0.2, 0.25) is 0 Å². The van der Waals surface area contributed by atoms with Crippen LogP contribution in [0.15, 0.2) is 0 Å². The summed E-state index contributed by atoms with van der Waals surface area (Å²) in [5, 5.41) is 7.57. The Kier molecular flexibility index (Phi) is 44.6. The molecule has 165 valence electrons. The number of hydrogen-bond acceptors (Lipinski definition) is 5. The van der Waals surface area contributed by atoms with Crippen molar-refractivity contribution in [2.24, 2.45) is 0 Å². The first-order valence-electron chi connectivity index (χ1n) is 7.21. The van der Waals surface area contributed by atoms with Gasteiger partial charge in [0.25, 0.3) is 0 Å². The number of cyclic esters (lactones) is 2. The predicted molar refractivity (Wildman–Crippen MR) is 147 cm³/mol. The summed E-state index contributed by atoms with van der Waals surface area (Å²) in [5.74, 6) is 0.722. The van der Waals surface area contributed by atoms with Crippen LogP contribution in [0.2, 0.25) is 0 Å². The van der Waals surface area contributed by atoms with E-state index in [0.29, 0.717) is 22.7 Å². The molecule has 2 aliphatic rings. The molecule has 2 rings (SSSR count). The van der Waals surface area contributed by atoms with Gasteiger partial charge in [0.05, 0.1) is 13.1 Å². The van der Waals surface area contributed by atoms with Crippen molar-refractivity contribution in [1.82, 2.24) is 9.80 Å². The number of ether oxygens (including phenoxy) is 2. The van der Waals surface area contributed by atoms with Gasteiger partial charge in [-0.15, -0.1) is 11.6 Å². The van der Waals surface area contributed by atoms with Crippen LogP contribution < -0.4 is 0 Å². The number of aliphatic hydroxyl groups is 1.